The maximum absolute atomic E-state index is 10.4. The van der Waals surface area contributed by atoms with E-state index in [1.165, 1.54) is 0 Å². The Hall–Kier alpha value is -2.25. The Morgan fingerprint density at radius 3 is 2.71 bits per heavy atom. The average Bonchev–Trinajstić information content (AvgIpc) is 2.86. The van der Waals surface area contributed by atoms with Crippen molar-refractivity contribution < 1.29 is 9.90 Å². The Bertz CT molecular complexity index is 517. The summed E-state index contributed by atoms with van der Waals surface area (Å²) in [6, 6.07) is 0. The van der Waals surface area contributed by atoms with Crippen molar-refractivity contribution in [3.63, 3.8) is 0 Å². The van der Waals surface area contributed by atoms with Gasteiger partial charge < -0.3 is 5.11 Å². The van der Waals surface area contributed by atoms with Gasteiger partial charge in [-0.25, -0.2) is 4.68 Å². The standard InChI is InChI=1S/C9H12N6O2/c1-14-4-8(11-12-14)6-15-5-7(10-13-15)2-3-9(16)17/h4-5H,2-3,6H2,1H3,(H,16,17). The van der Waals surface area contributed by atoms with E-state index in [0.29, 0.717) is 18.7 Å². The number of aliphatic carboxylic acids is 1. The van der Waals surface area contributed by atoms with E-state index in [1.54, 1.807) is 28.8 Å². The number of hydrogen-bond donors (Lipinski definition) is 1. The zero-order valence-corrected chi connectivity index (χ0v) is 9.31. The van der Waals surface area contributed by atoms with Gasteiger partial charge in [-0.3, -0.25) is 9.48 Å². The van der Waals surface area contributed by atoms with E-state index in [4.69, 9.17) is 5.11 Å². The second kappa shape index (κ2) is 4.73. The summed E-state index contributed by atoms with van der Waals surface area (Å²) in [5.74, 6) is -0.839. The molecule has 0 fully saturated rings. The average molecular weight is 236 g/mol. The molecule has 2 aromatic heterocycles. The Kier molecular flexibility index (Phi) is 3.12. The second-order valence-electron chi connectivity index (χ2n) is 3.68. The molecule has 0 aliphatic rings. The molecule has 2 heterocycles. The molecule has 0 aromatic carbocycles. The van der Waals surface area contributed by atoms with Crippen LogP contribution in [0.4, 0.5) is 0 Å². The lowest BCUT2D eigenvalue weighted by molar-refractivity contribution is -0.136. The van der Waals surface area contributed by atoms with Crippen LogP contribution in [0.2, 0.25) is 0 Å². The number of rotatable bonds is 5. The van der Waals surface area contributed by atoms with Crippen LogP contribution in [0.25, 0.3) is 0 Å². The summed E-state index contributed by atoms with van der Waals surface area (Å²) in [5, 5.41) is 24.1. The van der Waals surface area contributed by atoms with Crippen LogP contribution >= 0.6 is 0 Å². The van der Waals surface area contributed by atoms with Crippen molar-refractivity contribution in [1.29, 1.82) is 0 Å². The van der Waals surface area contributed by atoms with Gasteiger partial charge in [-0.15, -0.1) is 10.2 Å². The fraction of sp³-hybridized carbons (Fsp3) is 0.444. The molecule has 0 unspecified atom stereocenters. The molecule has 1 N–H and O–H groups in total. The number of carboxylic acids is 1. The summed E-state index contributed by atoms with van der Waals surface area (Å²) in [6.45, 7) is 0.480. The lowest BCUT2D eigenvalue weighted by Gasteiger charge is -1.93. The summed E-state index contributed by atoms with van der Waals surface area (Å²) in [5.41, 5.74) is 1.44. The molecule has 90 valence electrons. The highest BCUT2D eigenvalue weighted by molar-refractivity contribution is 5.66. The molecule has 2 rings (SSSR count). The third kappa shape index (κ3) is 3.10. The largest absolute Gasteiger partial charge is 0.481 e. The summed E-state index contributed by atoms with van der Waals surface area (Å²) >= 11 is 0. The molecule has 0 aliphatic carbocycles. The SMILES string of the molecule is Cn1cc(Cn2cc(CCC(=O)O)nn2)nn1. The van der Waals surface area contributed by atoms with Crippen LogP contribution < -0.4 is 0 Å². The minimum absolute atomic E-state index is 0.0594. The van der Waals surface area contributed by atoms with E-state index in [-0.39, 0.29) is 6.42 Å². The van der Waals surface area contributed by atoms with Gasteiger partial charge in [0.2, 0.25) is 0 Å². The van der Waals surface area contributed by atoms with Crippen LogP contribution in [0.1, 0.15) is 17.8 Å². The van der Waals surface area contributed by atoms with Crippen molar-refractivity contribution >= 4 is 5.97 Å². The molecular formula is C9H12N6O2. The Labute approximate surface area is 96.9 Å². The predicted molar refractivity (Wildman–Crippen MR) is 56.1 cm³/mol. The monoisotopic (exact) mass is 236 g/mol. The number of nitrogens with zero attached hydrogens (tertiary/aromatic N) is 6. The van der Waals surface area contributed by atoms with Gasteiger partial charge in [-0.2, -0.15) is 0 Å². The maximum atomic E-state index is 10.4. The van der Waals surface area contributed by atoms with Gasteiger partial charge in [0.05, 0.1) is 18.7 Å². The number of aromatic nitrogens is 6. The van der Waals surface area contributed by atoms with Gasteiger partial charge in [0.15, 0.2) is 0 Å². The van der Waals surface area contributed by atoms with Crippen molar-refractivity contribution in [3.05, 3.63) is 23.8 Å². The molecule has 0 radical (unpaired) electrons. The van der Waals surface area contributed by atoms with Gasteiger partial charge in [0.1, 0.15) is 5.69 Å². The molecule has 8 nitrogen and oxygen atoms in total. The van der Waals surface area contributed by atoms with Gasteiger partial charge >= 0.3 is 5.97 Å². The normalized spacial score (nSPS) is 10.6. The summed E-state index contributed by atoms with van der Waals surface area (Å²) < 4.78 is 3.22. The number of aryl methyl sites for hydroxylation is 2. The fourth-order valence-electron chi connectivity index (χ4n) is 1.40. The van der Waals surface area contributed by atoms with Crippen LogP contribution in [0.15, 0.2) is 12.4 Å². The molecule has 2 aromatic rings. The Morgan fingerprint density at radius 1 is 1.29 bits per heavy atom. The van der Waals surface area contributed by atoms with E-state index in [0.717, 1.165) is 5.69 Å². The first-order chi connectivity index (χ1) is 8.13. The topological polar surface area (TPSA) is 98.7 Å². The third-order valence-electron chi connectivity index (χ3n) is 2.16. The van der Waals surface area contributed by atoms with Crippen molar-refractivity contribution in [2.75, 3.05) is 0 Å². The van der Waals surface area contributed by atoms with Crippen molar-refractivity contribution in [3.8, 4) is 0 Å². The van der Waals surface area contributed by atoms with E-state index >= 15 is 0 Å². The van der Waals surface area contributed by atoms with E-state index in [1.807, 2.05) is 0 Å². The van der Waals surface area contributed by atoms with E-state index in [2.05, 4.69) is 20.6 Å². The molecule has 0 bridgehead atoms. The highest BCUT2D eigenvalue weighted by Gasteiger charge is 2.05. The van der Waals surface area contributed by atoms with Crippen molar-refractivity contribution in [1.82, 2.24) is 30.0 Å². The van der Waals surface area contributed by atoms with Gasteiger partial charge in [-0.05, 0) is 0 Å². The molecule has 0 atom stereocenters. The first kappa shape index (κ1) is 11.2. The lowest BCUT2D eigenvalue weighted by Crippen LogP contribution is -2.00. The molecule has 17 heavy (non-hydrogen) atoms. The van der Waals surface area contributed by atoms with Gasteiger partial charge in [-0.1, -0.05) is 10.4 Å². The van der Waals surface area contributed by atoms with E-state index < -0.39 is 5.97 Å². The third-order valence-corrected chi connectivity index (χ3v) is 2.16. The van der Waals surface area contributed by atoms with Crippen molar-refractivity contribution in [2.45, 2.75) is 19.4 Å². The zero-order chi connectivity index (χ0) is 12.3. The molecular weight excluding hydrogens is 224 g/mol. The lowest BCUT2D eigenvalue weighted by atomic mass is 10.2. The van der Waals surface area contributed by atoms with E-state index in [9.17, 15) is 4.79 Å². The minimum atomic E-state index is -0.839. The quantitative estimate of drug-likeness (QED) is 0.749. The predicted octanol–water partition coefficient (Wildman–Crippen LogP) is -0.528. The molecule has 8 heteroatoms. The summed E-state index contributed by atoms with van der Waals surface area (Å²) in [4.78, 5) is 10.4. The second-order valence-corrected chi connectivity index (χ2v) is 3.68. The zero-order valence-electron chi connectivity index (χ0n) is 9.31. The highest BCUT2D eigenvalue weighted by Crippen LogP contribution is 2.01. The maximum Gasteiger partial charge on any atom is 0.303 e. The van der Waals surface area contributed by atoms with Crippen LogP contribution in [0, 0.1) is 0 Å². The fourth-order valence-corrected chi connectivity index (χ4v) is 1.40. The van der Waals surface area contributed by atoms with Crippen LogP contribution in [-0.4, -0.2) is 41.1 Å². The number of hydrogen-bond acceptors (Lipinski definition) is 5. The summed E-state index contributed by atoms with van der Waals surface area (Å²) in [6.07, 6.45) is 3.95. The molecule has 0 saturated heterocycles. The van der Waals surface area contributed by atoms with Gasteiger partial charge in [0.25, 0.3) is 0 Å². The van der Waals surface area contributed by atoms with Crippen LogP contribution in [0.3, 0.4) is 0 Å². The highest BCUT2D eigenvalue weighted by atomic mass is 16.4. The van der Waals surface area contributed by atoms with Crippen molar-refractivity contribution in [2.24, 2.45) is 7.05 Å². The Balaban J connectivity index is 1.96. The molecule has 0 aliphatic heterocycles. The van der Waals surface area contributed by atoms with Gasteiger partial charge in [0, 0.05) is 25.9 Å². The first-order valence-electron chi connectivity index (χ1n) is 5.09. The summed E-state index contributed by atoms with van der Waals surface area (Å²) in [7, 11) is 1.79. The smallest absolute Gasteiger partial charge is 0.303 e. The number of carboxylic acid groups (broad SMARTS) is 1. The molecule has 0 amide bonds. The number of carbonyl (C=O) groups is 1. The minimum Gasteiger partial charge on any atom is -0.481 e. The van der Waals surface area contributed by atoms with Crippen LogP contribution in [-0.2, 0) is 24.8 Å². The molecule has 0 spiro atoms. The molecule has 0 saturated carbocycles. The van der Waals surface area contributed by atoms with Crippen LogP contribution in [0.5, 0.6) is 0 Å². The first-order valence-corrected chi connectivity index (χ1v) is 5.09. The Morgan fingerprint density at radius 2 is 2.06 bits per heavy atom.